The van der Waals surface area contributed by atoms with E-state index in [1.54, 1.807) is 0 Å². The Morgan fingerprint density at radius 1 is 0.833 bits per heavy atom. The Morgan fingerprint density at radius 3 is 0.833 bits per heavy atom. The number of rotatable bonds is 0. The Labute approximate surface area is 51.1 Å². The first kappa shape index (κ1) is 9.93. The zero-order valence-corrected chi connectivity index (χ0v) is 5.07. The van der Waals surface area contributed by atoms with Crippen LogP contribution in [0.2, 0.25) is 0 Å². The Balaban J connectivity index is 0. The van der Waals surface area contributed by atoms with Crippen LogP contribution in [-0.4, -0.2) is 28.2 Å². The summed E-state index contributed by atoms with van der Waals surface area (Å²) >= 11 is 0. The van der Waals surface area contributed by atoms with Gasteiger partial charge < -0.3 is 19.2 Å². The van der Waals surface area contributed by atoms with Crippen molar-refractivity contribution in [3.63, 3.8) is 0 Å². The maximum atomic E-state index is 7.33. The van der Waals surface area contributed by atoms with E-state index in [1.165, 1.54) is 0 Å². The Bertz CT molecular complexity index is 23.0. The van der Waals surface area contributed by atoms with Crippen LogP contribution in [0, 0.1) is 0 Å². The Morgan fingerprint density at radius 2 is 0.833 bits per heavy atom. The molecular weight excluding hydrogens is 200 g/mol. The minimum Gasteiger partial charge on any atom is -0.368 e. The molecule has 0 rings (SSSR count). The van der Waals surface area contributed by atoms with Crippen LogP contribution in [0.1, 0.15) is 0 Å². The summed E-state index contributed by atoms with van der Waals surface area (Å²) in [6, 6.07) is 0. The van der Waals surface area contributed by atoms with Crippen molar-refractivity contribution in [2.24, 2.45) is 0 Å². The van der Waals surface area contributed by atoms with Crippen molar-refractivity contribution in [3.8, 4) is 0 Å². The molecule has 0 saturated carbocycles. The average Bonchev–Trinajstić information content (AvgIpc) is 0.722. The molecule has 0 saturated heterocycles. The van der Waals surface area contributed by atoms with Gasteiger partial charge in [-0.3, -0.25) is 0 Å². The van der Waals surface area contributed by atoms with E-state index in [1.807, 2.05) is 0 Å². The normalized spacial score (nSPS) is 10.0. The third-order valence-electron chi connectivity index (χ3n) is 0. The summed E-state index contributed by atoms with van der Waals surface area (Å²) in [4.78, 5) is 29.3. The first-order chi connectivity index (χ1) is 2.00. The quantitative estimate of drug-likeness (QED) is 0.326. The summed E-state index contributed by atoms with van der Waals surface area (Å²) in [5.74, 6) is 0. The van der Waals surface area contributed by atoms with Gasteiger partial charge >= 0.3 is 9.05 Å². The van der Waals surface area contributed by atoms with Crippen molar-refractivity contribution in [2.45, 2.75) is 0 Å². The molecule has 0 bridgehead atoms. The van der Waals surface area contributed by atoms with Crippen LogP contribution in [0.25, 0.3) is 0 Å². The van der Waals surface area contributed by atoms with E-state index in [4.69, 9.17) is 19.2 Å². The maximum absolute atomic E-state index is 7.33. The van der Waals surface area contributed by atoms with Gasteiger partial charge in [0.2, 0.25) is 0 Å². The summed E-state index contributed by atoms with van der Waals surface area (Å²) in [7, 11) is -4.61. The van der Waals surface area contributed by atoms with E-state index in [9.17, 15) is 0 Å². The monoisotopic (exact) mass is 203 g/mol. The molecule has 0 aliphatic carbocycles. The average molecular weight is 204 g/mol. The molecule has 0 aromatic heterocycles. The van der Waals surface area contributed by atoms with Gasteiger partial charge in [-0.25, -0.2) is 0 Å². The van der Waals surface area contributed by atoms with Gasteiger partial charge in [-0.2, -0.15) is 0 Å². The Hall–Kier alpha value is 0.797. The van der Waals surface area contributed by atoms with Gasteiger partial charge in [0.15, 0.2) is 0 Å². The van der Waals surface area contributed by atoms with Crippen LogP contribution < -0.4 is 0 Å². The van der Waals surface area contributed by atoms with Crippen LogP contribution in [0.15, 0.2) is 0 Å². The fraction of sp³-hybridized carbons (Fsp3) is 0. The van der Waals surface area contributed by atoms with E-state index in [0.29, 0.717) is 0 Å². The van der Waals surface area contributed by atoms with Gasteiger partial charge in [0.05, 0.1) is 0 Å². The fourth-order valence-corrected chi connectivity index (χ4v) is 0. The second-order valence-corrected chi connectivity index (χ2v) is 1.80. The van der Waals surface area contributed by atoms with Crippen molar-refractivity contribution in [2.75, 3.05) is 0 Å². The molecule has 0 amide bonds. The molecule has 0 heterocycles. The predicted molar refractivity (Wildman–Crippen MR) is 14.6 cm³/mol. The first-order valence-electron chi connectivity index (χ1n) is 0.894. The zero-order chi connectivity index (χ0) is 4.50. The van der Waals surface area contributed by atoms with Crippen molar-refractivity contribution in [3.05, 3.63) is 0 Å². The third-order valence-corrected chi connectivity index (χ3v) is 0. The van der Waals surface area contributed by atoms with Crippen molar-refractivity contribution in [1.82, 2.24) is 0 Å². The molecule has 4 nitrogen and oxygen atoms in total. The second kappa shape index (κ2) is 2.89. The summed E-state index contributed by atoms with van der Waals surface area (Å²) in [6.07, 6.45) is 0. The molecule has 43 valence electrons. The molecule has 6 heavy (non-hydrogen) atoms. The molecular formula is H4AgO4Si. The summed E-state index contributed by atoms with van der Waals surface area (Å²) in [5, 5.41) is 0. The molecule has 0 spiro atoms. The SMILES string of the molecule is O[Si](O)(O)O.[Ag]. The molecule has 0 unspecified atom stereocenters. The van der Waals surface area contributed by atoms with Crippen LogP contribution in [0.3, 0.4) is 0 Å². The van der Waals surface area contributed by atoms with Crippen LogP contribution in [0.4, 0.5) is 0 Å². The third kappa shape index (κ3) is 109. The molecule has 4 N–H and O–H groups in total. The maximum Gasteiger partial charge on any atom is 0.668 e. The van der Waals surface area contributed by atoms with Crippen LogP contribution in [0.5, 0.6) is 0 Å². The molecule has 0 aromatic carbocycles. The summed E-state index contributed by atoms with van der Waals surface area (Å²) in [6.45, 7) is 0. The van der Waals surface area contributed by atoms with E-state index in [2.05, 4.69) is 0 Å². The van der Waals surface area contributed by atoms with Gasteiger partial charge in [0, 0.05) is 22.4 Å². The van der Waals surface area contributed by atoms with E-state index in [0.717, 1.165) is 0 Å². The van der Waals surface area contributed by atoms with Gasteiger partial charge in [0.1, 0.15) is 0 Å². The second-order valence-electron chi connectivity index (χ2n) is 0.600. The smallest absolute Gasteiger partial charge is 0.368 e. The van der Waals surface area contributed by atoms with Gasteiger partial charge in [0.25, 0.3) is 0 Å². The van der Waals surface area contributed by atoms with Gasteiger partial charge in [-0.15, -0.1) is 0 Å². The molecule has 0 atom stereocenters. The number of hydrogen-bond acceptors (Lipinski definition) is 4. The first-order valence-corrected chi connectivity index (χ1v) is 2.68. The van der Waals surface area contributed by atoms with Crippen molar-refractivity contribution >= 4 is 9.05 Å². The molecule has 1 radical (unpaired) electrons. The summed E-state index contributed by atoms with van der Waals surface area (Å²) in [5.41, 5.74) is 0. The number of hydrogen-bond donors (Lipinski definition) is 4. The van der Waals surface area contributed by atoms with Crippen molar-refractivity contribution < 1.29 is 41.6 Å². The predicted octanol–water partition coefficient (Wildman–Crippen LogP) is -2.61. The fourth-order valence-electron chi connectivity index (χ4n) is 0. The molecule has 0 aromatic rings. The zero-order valence-electron chi connectivity index (χ0n) is 2.59. The molecule has 6 heteroatoms. The molecule has 0 aliphatic heterocycles. The largest absolute Gasteiger partial charge is 0.668 e. The minimum absolute atomic E-state index is 0. The van der Waals surface area contributed by atoms with Crippen molar-refractivity contribution in [1.29, 1.82) is 0 Å². The topological polar surface area (TPSA) is 80.9 Å². The van der Waals surface area contributed by atoms with Gasteiger partial charge in [-0.1, -0.05) is 0 Å². The van der Waals surface area contributed by atoms with Gasteiger partial charge in [-0.05, 0) is 0 Å². The Kier molecular flexibility index (Phi) is 4.78. The van der Waals surface area contributed by atoms with E-state index < -0.39 is 9.05 Å². The van der Waals surface area contributed by atoms with Crippen LogP contribution >= 0.6 is 0 Å². The van der Waals surface area contributed by atoms with E-state index >= 15 is 0 Å². The van der Waals surface area contributed by atoms with Crippen LogP contribution in [-0.2, 0) is 22.4 Å². The summed E-state index contributed by atoms with van der Waals surface area (Å²) < 4.78 is 0. The standard InChI is InChI=1S/Ag.H4O4Si/c;1-5(2,3)4/h;1-4H. The molecule has 0 fully saturated rings. The molecule has 0 aliphatic rings. The van der Waals surface area contributed by atoms with E-state index in [-0.39, 0.29) is 22.4 Å². The minimum atomic E-state index is -4.61.